The smallest absolute Gasteiger partial charge is 0.241 e. The molecule has 0 radical (unpaired) electrons. The molecule has 5 nitrogen and oxygen atoms in total. The van der Waals surface area contributed by atoms with Crippen LogP contribution in [0.4, 0.5) is 5.69 Å². The van der Waals surface area contributed by atoms with Gasteiger partial charge >= 0.3 is 0 Å². The van der Waals surface area contributed by atoms with Crippen molar-refractivity contribution in [3.63, 3.8) is 0 Å². The quantitative estimate of drug-likeness (QED) is 0.833. The number of likely N-dealkylation sites (N-methyl/N-ethyl adjacent to an activating group) is 1. The fraction of sp³-hybridized carbons (Fsp3) is 0.500. The third kappa shape index (κ3) is 4.23. The Hall–Kier alpha value is -1.56. The molecule has 1 aromatic rings. The van der Waals surface area contributed by atoms with Crippen LogP contribution in [-0.4, -0.2) is 44.6 Å². The maximum atomic E-state index is 11.8. The lowest BCUT2D eigenvalue weighted by molar-refractivity contribution is -0.128. The van der Waals surface area contributed by atoms with Crippen molar-refractivity contribution >= 4 is 21.4 Å². The third-order valence-electron chi connectivity index (χ3n) is 3.15. The lowest BCUT2D eigenvalue weighted by atomic mass is 10.3. The molecule has 0 bridgehead atoms. The maximum absolute atomic E-state index is 11.8. The monoisotopic (exact) mass is 298 g/mol. The van der Waals surface area contributed by atoms with Crippen LogP contribution in [-0.2, 0) is 14.6 Å². The molecule has 1 amide bonds. The summed E-state index contributed by atoms with van der Waals surface area (Å²) in [4.78, 5) is 13.9. The topological polar surface area (TPSA) is 66.5 Å². The molecule has 0 spiro atoms. The van der Waals surface area contributed by atoms with E-state index < -0.39 is 9.84 Å². The van der Waals surface area contributed by atoms with Crippen molar-refractivity contribution in [1.82, 2.24) is 4.90 Å². The van der Waals surface area contributed by atoms with Crippen molar-refractivity contribution in [2.24, 2.45) is 0 Å². The molecular weight excluding hydrogens is 276 g/mol. The van der Waals surface area contributed by atoms with E-state index >= 15 is 0 Å². The molecule has 1 rings (SSSR count). The summed E-state index contributed by atoms with van der Waals surface area (Å²) in [5.74, 6) is 0.112. The molecule has 1 N–H and O–H groups in total. The Labute approximate surface area is 120 Å². The highest BCUT2D eigenvalue weighted by Gasteiger charge is 2.11. The average Bonchev–Trinajstić information content (AvgIpc) is 2.47. The predicted octanol–water partition coefficient (Wildman–Crippen LogP) is 1.76. The SMILES string of the molecule is CCN(CC)C(=O)CNc1ccc(S(=O)(=O)CC)cc1. The second kappa shape index (κ2) is 7.28. The molecule has 0 heterocycles. The molecule has 0 aliphatic rings. The molecule has 0 saturated heterocycles. The normalized spacial score (nSPS) is 11.2. The number of nitrogens with one attached hydrogen (secondary N) is 1. The molecule has 0 aliphatic heterocycles. The summed E-state index contributed by atoms with van der Waals surface area (Å²) in [7, 11) is -3.17. The van der Waals surface area contributed by atoms with Crippen LogP contribution in [0.2, 0.25) is 0 Å². The van der Waals surface area contributed by atoms with Crippen molar-refractivity contribution in [2.75, 3.05) is 30.7 Å². The van der Waals surface area contributed by atoms with Crippen LogP contribution in [0.5, 0.6) is 0 Å². The predicted molar refractivity (Wildman–Crippen MR) is 80.6 cm³/mol. The molecule has 0 aliphatic carbocycles. The molecule has 0 saturated carbocycles. The zero-order chi connectivity index (χ0) is 15.2. The number of anilines is 1. The molecule has 0 unspecified atom stereocenters. The lowest BCUT2D eigenvalue weighted by Crippen LogP contribution is -2.35. The van der Waals surface area contributed by atoms with Crippen molar-refractivity contribution < 1.29 is 13.2 Å². The van der Waals surface area contributed by atoms with Gasteiger partial charge in [0.1, 0.15) is 0 Å². The zero-order valence-electron chi connectivity index (χ0n) is 12.2. The number of hydrogen-bond donors (Lipinski definition) is 1. The van der Waals surface area contributed by atoms with E-state index in [1.54, 1.807) is 36.1 Å². The molecule has 0 atom stereocenters. The van der Waals surface area contributed by atoms with Crippen molar-refractivity contribution in [1.29, 1.82) is 0 Å². The van der Waals surface area contributed by atoms with Gasteiger partial charge in [-0.1, -0.05) is 6.92 Å². The lowest BCUT2D eigenvalue weighted by Gasteiger charge is -2.19. The van der Waals surface area contributed by atoms with E-state index in [4.69, 9.17) is 0 Å². The highest BCUT2D eigenvalue weighted by atomic mass is 32.2. The number of sulfone groups is 1. The van der Waals surface area contributed by atoms with E-state index in [1.165, 1.54) is 0 Å². The molecular formula is C14H22N2O3S. The summed E-state index contributed by atoms with van der Waals surface area (Å²) in [5, 5.41) is 3.00. The Bertz CT molecular complexity index is 534. The Kier molecular flexibility index (Phi) is 6.01. The van der Waals surface area contributed by atoms with Crippen molar-refractivity contribution in [3.05, 3.63) is 24.3 Å². The van der Waals surface area contributed by atoms with E-state index in [-0.39, 0.29) is 18.2 Å². The van der Waals surface area contributed by atoms with E-state index in [2.05, 4.69) is 5.32 Å². The molecule has 0 aromatic heterocycles. The Morgan fingerprint density at radius 2 is 1.65 bits per heavy atom. The van der Waals surface area contributed by atoms with Crippen LogP contribution in [0.15, 0.2) is 29.2 Å². The van der Waals surface area contributed by atoms with Crippen molar-refractivity contribution in [2.45, 2.75) is 25.7 Å². The molecule has 0 fully saturated rings. The molecule has 20 heavy (non-hydrogen) atoms. The number of hydrogen-bond acceptors (Lipinski definition) is 4. The first-order chi connectivity index (χ1) is 9.44. The van der Waals surface area contributed by atoms with Crippen LogP contribution in [0.25, 0.3) is 0 Å². The highest BCUT2D eigenvalue weighted by molar-refractivity contribution is 7.91. The van der Waals surface area contributed by atoms with E-state index in [0.29, 0.717) is 18.0 Å². The minimum absolute atomic E-state index is 0.0280. The zero-order valence-corrected chi connectivity index (χ0v) is 13.0. The van der Waals surface area contributed by atoms with E-state index in [1.807, 2.05) is 13.8 Å². The van der Waals surface area contributed by atoms with Crippen LogP contribution in [0.3, 0.4) is 0 Å². The second-order valence-corrected chi connectivity index (χ2v) is 6.63. The Morgan fingerprint density at radius 3 is 2.10 bits per heavy atom. The number of carbonyl (C=O) groups is 1. The van der Waals surface area contributed by atoms with Gasteiger partial charge in [-0.3, -0.25) is 4.79 Å². The fourth-order valence-corrected chi connectivity index (χ4v) is 2.70. The Balaban J connectivity index is 2.65. The first-order valence-electron chi connectivity index (χ1n) is 6.79. The van der Waals surface area contributed by atoms with Gasteiger partial charge in [0.15, 0.2) is 9.84 Å². The summed E-state index contributed by atoms with van der Waals surface area (Å²) in [6.07, 6.45) is 0. The highest BCUT2D eigenvalue weighted by Crippen LogP contribution is 2.15. The summed E-state index contributed by atoms with van der Waals surface area (Å²) in [5.41, 5.74) is 0.737. The third-order valence-corrected chi connectivity index (χ3v) is 4.90. The largest absolute Gasteiger partial charge is 0.376 e. The fourth-order valence-electron chi connectivity index (χ4n) is 1.81. The van der Waals surface area contributed by atoms with Gasteiger partial charge in [0.05, 0.1) is 17.2 Å². The molecule has 6 heteroatoms. The van der Waals surface area contributed by atoms with E-state index in [9.17, 15) is 13.2 Å². The van der Waals surface area contributed by atoms with Gasteiger partial charge in [-0.25, -0.2) is 8.42 Å². The minimum atomic E-state index is -3.17. The Morgan fingerprint density at radius 1 is 1.10 bits per heavy atom. The summed E-state index contributed by atoms with van der Waals surface area (Å²) < 4.78 is 23.3. The van der Waals surface area contributed by atoms with Crippen LogP contribution >= 0.6 is 0 Å². The molecule has 112 valence electrons. The number of nitrogens with zero attached hydrogens (tertiary/aromatic N) is 1. The van der Waals surface area contributed by atoms with E-state index in [0.717, 1.165) is 5.69 Å². The standard InChI is InChI=1S/C14H22N2O3S/c1-4-16(5-2)14(17)11-15-12-7-9-13(10-8-12)20(18,19)6-3/h7-10,15H,4-6,11H2,1-3H3. The van der Waals surface area contributed by atoms with Crippen LogP contribution < -0.4 is 5.32 Å². The summed E-state index contributed by atoms with van der Waals surface area (Å²) >= 11 is 0. The van der Waals surface area contributed by atoms with Crippen LogP contribution in [0.1, 0.15) is 20.8 Å². The number of benzene rings is 1. The average molecular weight is 298 g/mol. The summed E-state index contributed by atoms with van der Waals surface area (Å²) in [6, 6.07) is 6.47. The summed E-state index contributed by atoms with van der Waals surface area (Å²) in [6.45, 7) is 7.07. The maximum Gasteiger partial charge on any atom is 0.241 e. The first-order valence-corrected chi connectivity index (χ1v) is 8.44. The molecule has 1 aromatic carbocycles. The van der Waals surface area contributed by atoms with Gasteiger partial charge in [-0.15, -0.1) is 0 Å². The number of carbonyl (C=O) groups excluding carboxylic acids is 1. The number of amides is 1. The minimum Gasteiger partial charge on any atom is -0.376 e. The van der Waals surface area contributed by atoms with Gasteiger partial charge in [-0.05, 0) is 38.1 Å². The number of rotatable bonds is 7. The first kappa shape index (κ1) is 16.5. The van der Waals surface area contributed by atoms with Gasteiger partial charge in [0.2, 0.25) is 5.91 Å². The van der Waals surface area contributed by atoms with Crippen LogP contribution in [0, 0.1) is 0 Å². The second-order valence-electron chi connectivity index (χ2n) is 4.35. The van der Waals surface area contributed by atoms with Gasteiger partial charge in [0, 0.05) is 18.8 Å². The van der Waals surface area contributed by atoms with Gasteiger partial charge < -0.3 is 10.2 Å². The van der Waals surface area contributed by atoms with Gasteiger partial charge in [0.25, 0.3) is 0 Å². The van der Waals surface area contributed by atoms with Gasteiger partial charge in [-0.2, -0.15) is 0 Å². The van der Waals surface area contributed by atoms with Crippen molar-refractivity contribution in [3.8, 4) is 0 Å².